The molecule has 0 spiro atoms. The zero-order chi connectivity index (χ0) is 18.4. The summed E-state index contributed by atoms with van der Waals surface area (Å²) in [7, 11) is 0. The lowest BCUT2D eigenvalue weighted by Gasteiger charge is -2.13. The van der Waals surface area contributed by atoms with E-state index >= 15 is 0 Å². The van der Waals surface area contributed by atoms with Gasteiger partial charge < -0.3 is 10.1 Å². The number of anilines is 1. The molecule has 0 aromatic carbocycles. The van der Waals surface area contributed by atoms with Gasteiger partial charge in [-0.3, -0.25) is 19.3 Å². The van der Waals surface area contributed by atoms with Crippen molar-refractivity contribution in [1.82, 2.24) is 4.90 Å². The van der Waals surface area contributed by atoms with Crippen LogP contribution in [0.4, 0.5) is 5.00 Å². The van der Waals surface area contributed by atoms with Crippen LogP contribution in [0.2, 0.25) is 0 Å². The lowest BCUT2D eigenvalue weighted by atomic mass is 10.2. The number of carbonyl (C=O) groups is 4. The molecule has 1 N–H and O–H groups in total. The Morgan fingerprint density at radius 2 is 1.92 bits per heavy atom. The highest BCUT2D eigenvalue weighted by molar-refractivity contribution is 7.16. The zero-order valence-electron chi connectivity index (χ0n) is 14.4. The predicted octanol–water partition coefficient (Wildman–Crippen LogP) is 2.35. The zero-order valence-corrected chi connectivity index (χ0v) is 15.2. The average molecular weight is 366 g/mol. The number of carbonyl (C=O) groups excluding carboxylic acids is 4. The maximum atomic E-state index is 12.1. The van der Waals surface area contributed by atoms with Crippen molar-refractivity contribution >= 4 is 40.0 Å². The Balaban J connectivity index is 1.91. The van der Waals surface area contributed by atoms with E-state index in [2.05, 4.69) is 5.32 Å². The molecule has 25 heavy (non-hydrogen) atoms. The Bertz CT molecular complexity index is 667. The predicted molar refractivity (Wildman–Crippen MR) is 93.5 cm³/mol. The number of amides is 3. The van der Waals surface area contributed by atoms with Crippen LogP contribution >= 0.6 is 11.3 Å². The molecular weight excluding hydrogens is 344 g/mol. The molecule has 1 aromatic heterocycles. The quantitative estimate of drug-likeness (QED) is 0.563. The highest BCUT2D eigenvalue weighted by atomic mass is 32.1. The van der Waals surface area contributed by atoms with Crippen molar-refractivity contribution in [3.8, 4) is 0 Å². The van der Waals surface area contributed by atoms with Crippen molar-refractivity contribution in [2.24, 2.45) is 0 Å². The normalized spacial score (nSPS) is 14.1. The fourth-order valence-electron chi connectivity index (χ4n) is 2.53. The van der Waals surface area contributed by atoms with Crippen LogP contribution in [0.1, 0.15) is 54.8 Å². The largest absolute Gasteiger partial charge is 0.462 e. The lowest BCUT2D eigenvalue weighted by Crippen LogP contribution is -2.30. The van der Waals surface area contributed by atoms with Gasteiger partial charge in [0.15, 0.2) is 0 Å². The molecule has 0 saturated carbocycles. The van der Waals surface area contributed by atoms with E-state index in [1.54, 1.807) is 13.0 Å². The van der Waals surface area contributed by atoms with Crippen molar-refractivity contribution in [1.29, 1.82) is 0 Å². The number of aryl methyl sites for hydroxylation is 1. The van der Waals surface area contributed by atoms with Gasteiger partial charge in [0.25, 0.3) is 0 Å². The van der Waals surface area contributed by atoms with Crippen molar-refractivity contribution in [2.45, 2.75) is 46.0 Å². The van der Waals surface area contributed by atoms with E-state index in [-0.39, 0.29) is 50.1 Å². The molecule has 1 aromatic rings. The average Bonchev–Trinajstić information content (AvgIpc) is 3.12. The van der Waals surface area contributed by atoms with E-state index in [1.165, 1.54) is 16.2 Å². The Labute approximate surface area is 150 Å². The van der Waals surface area contributed by atoms with Crippen molar-refractivity contribution in [2.75, 3.05) is 18.5 Å². The first-order valence-electron chi connectivity index (χ1n) is 8.39. The van der Waals surface area contributed by atoms with Crippen LogP contribution in [0.25, 0.3) is 0 Å². The second-order valence-electron chi connectivity index (χ2n) is 5.62. The van der Waals surface area contributed by atoms with Crippen molar-refractivity contribution in [3.05, 3.63) is 16.5 Å². The molecule has 136 valence electrons. The summed E-state index contributed by atoms with van der Waals surface area (Å²) in [4.78, 5) is 49.4. The monoisotopic (exact) mass is 366 g/mol. The number of rotatable bonds is 8. The maximum Gasteiger partial charge on any atom is 0.341 e. The first-order valence-corrected chi connectivity index (χ1v) is 9.20. The molecule has 2 heterocycles. The smallest absolute Gasteiger partial charge is 0.341 e. The van der Waals surface area contributed by atoms with Gasteiger partial charge in [0.2, 0.25) is 17.7 Å². The summed E-state index contributed by atoms with van der Waals surface area (Å²) in [6.07, 6.45) is 1.82. The standard InChI is InChI=1S/C17H22N2O5S/c1-3-11-10-12(17(23)24-4-2)16(25-11)18-13(20)6-5-9-19-14(21)7-8-15(19)22/h10H,3-9H2,1-2H3,(H,18,20). The Kier molecular flexibility index (Phi) is 6.69. The molecule has 8 heteroatoms. The number of hydrogen-bond acceptors (Lipinski definition) is 6. The number of thiophene rings is 1. The summed E-state index contributed by atoms with van der Waals surface area (Å²) in [6, 6.07) is 1.74. The molecular formula is C17H22N2O5S. The van der Waals surface area contributed by atoms with Crippen LogP contribution in [0.15, 0.2) is 6.07 Å². The third kappa shape index (κ3) is 4.88. The van der Waals surface area contributed by atoms with E-state index in [4.69, 9.17) is 4.74 Å². The molecule has 3 amide bonds. The highest BCUT2D eigenvalue weighted by Crippen LogP contribution is 2.29. The summed E-state index contributed by atoms with van der Waals surface area (Å²) in [5.74, 6) is -1.07. The number of imide groups is 1. The van der Waals surface area contributed by atoms with Crippen LogP contribution in [-0.2, 0) is 25.5 Å². The number of nitrogens with zero attached hydrogens (tertiary/aromatic N) is 1. The minimum atomic E-state index is -0.456. The SMILES string of the molecule is CCOC(=O)c1cc(CC)sc1NC(=O)CCCN1C(=O)CCC1=O. The number of hydrogen-bond donors (Lipinski definition) is 1. The molecule has 2 rings (SSSR count). The molecule has 1 saturated heterocycles. The number of ether oxygens (including phenoxy) is 1. The van der Waals surface area contributed by atoms with Gasteiger partial charge in [-0.25, -0.2) is 4.79 Å². The van der Waals surface area contributed by atoms with Crippen LogP contribution in [-0.4, -0.2) is 41.7 Å². The number of esters is 1. The molecule has 0 aliphatic carbocycles. The van der Waals surface area contributed by atoms with Gasteiger partial charge in [-0.15, -0.1) is 11.3 Å². The fourth-order valence-corrected chi connectivity index (χ4v) is 3.53. The Morgan fingerprint density at radius 3 is 2.52 bits per heavy atom. The summed E-state index contributed by atoms with van der Waals surface area (Å²) in [5, 5.41) is 3.22. The minimum Gasteiger partial charge on any atom is -0.462 e. The molecule has 0 radical (unpaired) electrons. The van der Waals surface area contributed by atoms with Crippen LogP contribution in [0.3, 0.4) is 0 Å². The Hall–Kier alpha value is -2.22. The van der Waals surface area contributed by atoms with Gasteiger partial charge in [-0.1, -0.05) is 6.92 Å². The molecule has 0 unspecified atom stereocenters. The van der Waals surface area contributed by atoms with Gasteiger partial charge in [0.05, 0.1) is 12.2 Å². The van der Waals surface area contributed by atoms with E-state index in [9.17, 15) is 19.2 Å². The first-order chi connectivity index (χ1) is 12.0. The third-order valence-corrected chi connectivity index (χ3v) is 5.02. The summed E-state index contributed by atoms with van der Waals surface area (Å²) in [5.41, 5.74) is 0.363. The molecule has 0 bridgehead atoms. The van der Waals surface area contributed by atoms with E-state index in [0.717, 1.165) is 11.3 Å². The van der Waals surface area contributed by atoms with Crippen LogP contribution < -0.4 is 5.32 Å². The molecule has 1 aliphatic heterocycles. The van der Waals surface area contributed by atoms with Gasteiger partial charge >= 0.3 is 5.97 Å². The topological polar surface area (TPSA) is 92.8 Å². The Morgan fingerprint density at radius 1 is 1.24 bits per heavy atom. The summed E-state index contributed by atoms with van der Waals surface area (Å²) in [6.45, 7) is 4.21. The van der Waals surface area contributed by atoms with E-state index in [1.807, 2.05) is 6.92 Å². The summed E-state index contributed by atoms with van der Waals surface area (Å²) >= 11 is 1.35. The van der Waals surface area contributed by atoms with Gasteiger partial charge in [0, 0.05) is 30.7 Å². The van der Waals surface area contributed by atoms with Gasteiger partial charge in [-0.2, -0.15) is 0 Å². The maximum absolute atomic E-state index is 12.1. The van der Waals surface area contributed by atoms with Gasteiger partial charge in [0.1, 0.15) is 5.00 Å². The first kappa shape index (κ1) is 19.1. The fraction of sp³-hybridized carbons (Fsp3) is 0.529. The molecule has 1 aliphatic rings. The second-order valence-corrected chi connectivity index (χ2v) is 6.76. The lowest BCUT2D eigenvalue weighted by molar-refractivity contribution is -0.138. The second kappa shape index (κ2) is 8.75. The van der Waals surface area contributed by atoms with Crippen LogP contribution in [0.5, 0.6) is 0 Å². The molecule has 7 nitrogen and oxygen atoms in total. The third-order valence-electron chi connectivity index (χ3n) is 3.82. The number of likely N-dealkylation sites (tertiary alicyclic amines) is 1. The summed E-state index contributed by atoms with van der Waals surface area (Å²) < 4.78 is 5.02. The van der Waals surface area contributed by atoms with E-state index < -0.39 is 5.97 Å². The molecule has 1 fully saturated rings. The van der Waals surface area contributed by atoms with Crippen LogP contribution in [0, 0.1) is 0 Å². The highest BCUT2D eigenvalue weighted by Gasteiger charge is 2.28. The van der Waals surface area contributed by atoms with Crippen molar-refractivity contribution in [3.63, 3.8) is 0 Å². The van der Waals surface area contributed by atoms with Gasteiger partial charge in [-0.05, 0) is 25.8 Å². The number of nitrogens with one attached hydrogen (secondary N) is 1. The van der Waals surface area contributed by atoms with E-state index in [0.29, 0.717) is 17.0 Å². The van der Waals surface area contributed by atoms with Crippen molar-refractivity contribution < 1.29 is 23.9 Å². The molecule has 0 atom stereocenters. The minimum absolute atomic E-state index is 0.165.